The normalized spacial score (nSPS) is 12.1. The summed E-state index contributed by atoms with van der Waals surface area (Å²) >= 11 is 1.44. The van der Waals surface area contributed by atoms with Crippen molar-refractivity contribution in [1.82, 2.24) is 0 Å². The first kappa shape index (κ1) is 16.8. The van der Waals surface area contributed by atoms with Gasteiger partial charge in [0.2, 0.25) is 0 Å². The molecule has 120 valence electrons. The maximum Gasteiger partial charge on any atom is 0.331 e. The number of amides is 1. The monoisotopic (exact) mass is 337 g/mol. The van der Waals surface area contributed by atoms with E-state index in [0.29, 0.717) is 0 Å². The fourth-order valence-corrected chi connectivity index (χ4v) is 2.25. The molecule has 0 fully saturated rings. The number of halogens is 2. The fraction of sp³-hybridized carbons (Fsp3) is 0.125. The van der Waals surface area contributed by atoms with E-state index in [1.165, 1.54) is 24.3 Å². The molecule has 7 heteroatoms. The van der Waals surface area contributed by atoms with Crippen LogP contribution in [0, 0.1) is 11.6 Å². The molecular weight excluding hydrogens is 324 g/mol. The molecule has 1 N–H and O–H groups in total. The lowest BCUT2D eigenvalue weighted by Gasteiger charge is -2.12. The lowest BCUT2D eigenvalue weighted by atomic mass is 10.2. The number of hydrogen-bond donors (Lipinski definition) is 1. The first-order chi connectivity index (χ1) is 11.0. The second kappa shape index (κ2) is 7.64. The fourth-order valence-electron chi connectivity index (χ4n) is 1.63. The van der Waals surface area contributed by atoms with E-state index in [2.05, 4.69) is 5.32 Å². The van der Waals surface area contributed by atoms with Gasteiger partial charge >= 0.3 is 5.97 Å². The number of anilines is 1. The van der Waals surface area contributed by atoms with Crippen LogP contribution < -0.4 is 5.32 Å². The Balaban J connectivity index is 1.92. The largest absolute Gasteiger partial charge is 0.449 e. The van der Waals surface area contributed by atoms with E-state index in [9.17, 15) is 18.4 Å². The van der Waals surface area contributed by atoms with E-state index in [-0.39, 0.29) is 5.69 Å². The highest BCUT2D eigenvalue weighted by Crippen LogP contribution is 2.16. The molecule has 0 unspecified atom stereocenters. The van der Waals surface area contributed by atoms with Gasteiger partial charge in [-0.3, -0.25) is 4.79 Å². The molecule has 2 rings (SSSR count). The Kier molecular flexibility index (Phi) is 5.59. The molecule has 0 aliphatic heterocycles. The summed E-state index contributed by atoms with van der Waals surface area (Å²) in [5, 5.41) is 4.03. The Bertz CT molecular complexity index is 729. The number of esters is 1. The summed E-state index contributed by atoms with van der Waals surface area (Å²) in [7, 11) is 0. The zero-order chi connectivity index (χ0) is 16.8. The highest BCUT2D eigenvalue weighted by Gasteiger charge is 2.18. The molecule has 23 heavy (non-hydrogen) atoms. The topological polar surface area (TPSA) is 55.4 Å². The summed E-state index contributed by atoms with van der Waals surface area (Å²) < 4.78 is 31.4. The summed E-state index contributed by atoms with van der Waals surface area (Å²) in [6.07, 6.45) is 1.60. The number of ether oxygens (including phenoxy) is 1. The maximum absolute atomic E-state index is 13.4. The molecule has 1 atom stereocenters. The van der Waals surface area contributed by atoms with Crippen LogP contribution in [-0.4, -0.2) is 18.0 Å². The second-order valence-corrected chi connectivity index (χ2v) is 5.52. The van der Waals surface area contributed by atoms with Gasteiger partial charge < -0.3 is 10.1 Å². The Morgan fingerprint density at radius 2 is 2.09 bits per heavy atom. The van der Waals surface area contributed by atoms with E-state index < -0.39 is 29.6 Å². The van der Waals surface area contributed by atoms with Gasteiger partial charge in [0.15, 0.2) is 6.10 Å². The minimum Gasteiger partial charge on any atom is -0.449 e. The third-order valence-electron chi connectivity index (χ3n) is 2.78. The van der Waals surface area contributed by atoms with Crippen molar-refractivity contribution in [2.75, 3.05) is 5.32 Å². The lowest BCUT2D eigenvalue weighted by molar-refractivity contribution is -0.148. The third kappa shape index (κ3) is 5.00. The van der Waals surface area contributed by atoms with Gasteiger partial charge in [-0.1, -0.05) is 6.07 Å². The minimum atomic E-state index is -1.15. The van der Waals surface area contributed by atoms with Gasteiger partial charge in [0, 0.05) is 17.0 Å². The molecule has 4 nitrogen and oxygen atoms in total. The van der Waals surface area contributed by atoms with Gasteiger partial charge in [-0.2, -0.15) is 0 Å². The number of carbonyl (C=O) groups excluding carboxylic acids is 2. The third-order valence-corrected chi connectivity index (χ3v) is 3.61. The van der Waals surface area contributed by atoms with E-state index in [0.717, 1.165) is 23.1 Å². The highest BCUT2D eigenvalue weighted by atomic mass is 32.1. The number of hydrogen-bond acceptors (Lipinski definition) is 4. The average Bonchev–Trinajstić information content (AvgIpc) is 3.02. The van der Waals surface area contributed by atoms with Crippen molar-refractivity contribution in [2.24, 2.45) is 0 Å². The van der Waals surface area contributed by atoms with Gasteiger partial charge in [-0.25, -0.2) is 13.6 Å². The van der Waals surface area contributed by atoms with Crippen molar-refractivity contribution in [3.63, 3.8) is 0 Å². The zero-order valence-electron chi connectivity index (χ0n) is 12.1. The van der Waals surface area contributed by atoms with Crippen LogP contribution in [0.3, 0.4) is 0 Å². The number of carbonyl (C=O) groups is 2. The number of nitrogens with one attached hydrogen (secondary N) is 1. The average molecular weight is 337 g/mol. The molecule has 0 saturated heterocycles. The van der Waals surface area contributed by atoms with Crippen LogP contribution >= 0.6 is 11.3 Å². The molecule has 1 aromatic heterocycles. The van der Waals surface area contributed by atoms with Crippen LogP contribution in [0.25, 0.3) is 6.08 Å². The van der Waals surface area contributed by atoms with Crippen LogP contribution in [0.15, 0.2) is 41.8 Å². The molecular formula is C16H13F2NO3S. The predicted molar refractivity (Wildman–Crippen MR) is 83.9 cm³/mol. The number of benzene rings is 1. The SMILES string of the molecule is C[C@H](OC(=O)/C=C/c1cccs1)C(=O)Nc1cc(F)ccc1F. The van der Waals surface area contributed by atoms with E-state index in [1.54, 1.807) is 6.08 Å². The van der Waals surface area contributed by atoms with Crippen LogP contribution in [0.5, 0.6) is 0 Å². The summed E-state index contributed by atoms with van der Waals surface area (Å²) in [5.41, 5.74) is -0.313. The first-order valence-electron chi connectivity index (χ1n) is 6.64. The second-order valence-electron chi connectivity index (χ2n) is 4.54. The molecule has 0 spiro atoms. The standard InChI is InChI=1S/C16H13F2NO3S/c1-10(22-15(20)7-5-12-3-2-8-23-12)16(21)19-14-9-11(17)4-6-13(14)18/h2-10H,1H3,(H,19,21)/b7-5+/t10-/m0/s1. The Labute approximate surface area is 135 Å². The maximum atomic E-state index is 13.4. The smallest absolute Gasteiger partial charge is 0.331 e. The van der Waals surface area contributed by atoms with Crippen LogP contribution in [0.1, 0.15) is 11.8 Å². The minimum absolute atomic E-state index is 0.313. The van der Waals surface area contributed by atoms with Crippen molar-refractivity contribution in [2.45, 2.75) is 13.0 Å². The molecule has 0 aliphatic carbocycles. The van der Waals surface area contributed by atoms with Crippen LogP contribution in [-0.2, 0) is 14.3 Å². The van der Waals surface area contributed by atoms with Crippen molar-refractivity contribution in [3.05, 3.63) is 58.3 Å². The Hall–Kier alpha value is -2.54. The summed E-state index contributed by atoms with van der Waals surface area (Å²) in [5.74, 6) is -2.94. The van der Waals surface area contributed by atoms with Crippen LogP contribution in [0.2, 0.25) is 0 Å². The summed E-state index contributed by atoms with van der Waals surface area (Å²) in [4.78, 5) is 24.3. The molecule has 1 aromatic carbocycles. The van der Waals surface area contributed by atoms with Crippen LogP contribution in [0.4, 0.5) is 14.5 Å². The Morgan fingerprint density at radius 3 is 2.78 bits per heavy atom. The van der Waals surface area contributed by atoms with E-state index in [4.69, 9.17) is 4.74 Å². The van der Waals surface area contributed by atoms with Crippen molar-refractivity contribution in [1.29, 1.82) is 0 Å². The highest BCUT2D eigenvalue weighted by molar-refractivity contribution is 7.10. The molecule has 1 heterocycles. The van der Waals surface area contributed by atoms with Gasteiger partial charge in [-0.05, 0) is 36.6 Å². The molecule has 2 aromatic rings. The zero-order valence-corrected chi connectivity index (χ0v) is 12.9. The molecule has 0 aliphatic rings. The van der Waals surface area contributed by atoms with Crippen molar-refractivity contribution < 1.29 is 23.1 Å². The Morgan fingerprint density at radius 1 is 1.30 bits per heavy atom. The van der Waals surface area contributed by atoms with E-state index in [1.807, 2.05) is 17.5 Å². The first-order valence-corrected chi connectivity index (χ1v) is 7.52. The van der Waals surface area contributed by atoms with Gasteiger partial charge in [0.1, 0.15) is 11.6 Å². The predicted octanol–water partition coefficient (Wildman–Crippen LogP) is 3.61. The van der Waals surface area contributed by atoms with E-state index >= 15 is 0 Å². The lowest BCUT2D eigenvalue weighted by Crippen LogP contribution is -2.29. The molecule has 0 saturated carbocycles. The number of thiophene rings is 1. The number of rotatable bonds is 5. The molecule has 0 radical (unpaired) electrons. The van der Waals surface area contributed by atoms with Crippen molar-refractivity contribution in [3.8, 4) is 0 Å². The van der Waals surface area contributed by atoms with Gasteiger partial charge in [0.25, 0.3) is 5.91 Å². The van der Waals surface area contributed by atoms with Crippen molar-refractivity contribution >= 4 is 35.0 Å². The summed E-state index contributed by atoms with van der Waals surface area (Å²) in [6.45, 7) is 1.34. The molecule has 1 amide bonds. The van der Waals surface area contributed by atoms with Gasteiger partial charge in [0.05, 0.1) is 5.69 Å². The summed E-state index contributed by atoms with van der Waals surface area (Å²) in [6, 6.07) is 6.32. The van der Waals surface area contributed by atoms with Gasteiger partial charge in [-0.15, -0.1) is 11.3 Å². The molecule has 0 bridgehead atoms. The quantitative estimate of drug-likeness (QED) is 0.670.